The number of hydrogen-bond donors (Lipinski definition) is 2. The highest BCUT2D eigenvalue weighted by molar-refractivity contribution is 7.99. The highest BCUT2D eigenvalue weighted by Gasteiger charge is 2.26. The van der Waals surface area contributed by atoms with Gasteiger partial charge in [0.05, 0.1) is 12.6 Å². The lowest BCUT2D eigenvalue weighted by Gasteiger charge is -2.18. The van der Waals surface area contributed by atoms with Gasteiger partial charge < -0.3 is 10.6 Å². The second-order valence-electron chi connectivity index (χ2n) is 3.63. The van der Waals surface area contributed by atoms with E-state index in [2.05, 4.69) is 16.9 Å². The molecular formula is C10H17N3OS. The van der Waals surface area contributed by atoms with Crippen molar-refractivity contribution >= 4 is 17.7 Å². The van der Waals surface area contributed by atoms with Gasteiger partial charge in [-0.1, -0.05) is 6.42 Å². The number of rotatable bonds is 5. The van der Waals surface area contributed by atoms with Crippen LogP contribution in [0.4, 0.5) is 0 Å². The lowest BCUT2D eigenvalue weighted by Crippen LogP contribution is -2.41. The van der Waals surface area contributed by atoms with E-state index >= 15 is 0 Å². The van der Waals surface area contributed by atoms with Crippen molar-refractivity contribution in [1.29, 1.82) is 5.26 Å². The maximum Gasteiger partial charge on any atom is 0.234 e. The number of carbonyl (C=O) groups excluding carboxylic acids is 1. The molecule has 0 radical (unpaired) electrons. The molecule has 0 aromatic heterocycles. The van der Waals surface area contributed by atoms with Gasteiger partial charge in [0, 0.05) is 11.3 Å². The minimum atomic E-state index is -0.0942. The molecule has 1 rings (SSSR count). The van der Waals surface area contributed by atoms with E-state index < -0.39 is 0 Å². The van der Waals surface area contributed by atoms with Crippen LogP contribution in [0.15, 0.2) is 0 Å². The summed E-state index contributed by atoms with van der Waals surface area (Å²) in [6.07, 6.45) is 5.74. The zero-order chi connectivity index (χ0) is 11.1. The summed E-state index contributed by atoms with van der Waals surface area (Å²) in [5, 5.41) is 14.7. The smallest absolute Gasteiger partial charge is 0.234 e. The summed E-state index contributed by atoms with van der Waals surface area (Å²) in [5.74, 6) is -0.0942. The molecule has 15 heavy (non-hydrogen) atoms. The lowest BCUT2D eigenvalue weighted by atomic mass is 10.2. The average molecular weight is 227 g/mol. The molecular weight excluding hydrogens is 210 g/mol. The predicted molar refractivity (Wildman–Crippen MR) is 61.6 cm³/mol. The van der Waals surface area contributed by atoms with Gasteiger partial charge in [-0.25, -0.2) is 0 Å². The Hall–Kier alpha value is -0.730. The summed E-state index contributed by atoms with van der Waals surface area (Å²) in [6, 6.07) is 2.33. The van der Waals surface area contributed by atoms with E-state index in [1.54, 1.807) is 0 Å². The zero-order valence-electron chi connectivity index (χ0n) is 8.95. The molecule has 1 fully saturated rings. The monoisotopic (exact) mass is 227 g/mol. The number of nitrogens with zero attached hydrogens (tertiary/aromatic N) is 1. The van der Waals surface area contributed by atoms with E-state index in [1.807, 2.05) is 17.8 Å². The standard InChI is InChI=1S/C10H17N3OS/c1-15-9-4-2-3-8(9)13-7-10(14)12-6-5-11/h8-9,13H,2-4,6-7H2,1H3,(H,12,14). The minimum absolute atomic E-state index is 0.0942. The van der Waals surface area contributed by atoms with E-state index in [-0.39, 0.29) is 12.5 Å². The summed E-state index contributed by atoms with van der Waals surface area (Å²) < 4.78 is 0. The Morgan fingerprint density at radius 1 is 1.60 bits per heavy atom. The Labute approximate surface area is 94.8 Å². The molecule has 1 aliphatic rings. The van der Waals surface area contributed by atoms with Crippen LogP contribution in [0.5, 0.6) is 0 Å². The molecule has 0 heterocycles. The fourth-order valence-electron chi connectivity index (χ4n) is 1.87. The van der Waals surface area contributed by atoms with Gasteiger partial charge in [-0.15, -0.1) is 0 Å². The van der Waals surface area contributed by atoms with Gasteiger partial charge in [-0.2, -0.15) is 17.0 Å². The van der Waals surface area contributed by atoms with Gasteiger partial charge in [0.15, 0.2) is 0 Å². The number of amides is 1. The molecule has 2 N–H and O–H groups in total. The first-order valence-electron chi connectivity index (χ1n) is 5.17. The first kappa shape index (κ1) is 12.3. The third kappa shape index (κ3) is 4.10. The van der Waals surface area contributed by atoms with Crippen molar-refractivity contribution in [1.82, 2.24) is 10.6 Å². The molecule has 0 saturated heterocycles. The fourth-order valence-corrected chi connectivity index (χ4v) is 2.83. The van der Waals surface area contributed by atoms with Crippen LogP contribution in [0.3, 0.4) is 0 Å². The highest BCUT2D eigenvalue weighted by Crippen LogP contribution is 2.27. The van der Waals surface area contributed by atoms with Crippen LogP contribution in [-0.2, 0) is 4.79 Å². The van der Waals surface area contributed by atoms with Crippen molar-refractivity contribution in [3.8, 4) is 6.07 Å². The zero-order valence-corrected chi connectivity index (χ0v) is 9.77. The highest BCUT2D eigenvalue weighted by atomic mass is 32.2. The number of hydrogen-bond acceptors (Lipinski definition) is 4. The largest absolute Gasteiger partial charge is 0.342 e. The van der Waals surface area contributed by atoms with Gasteiger partial charge in [0.1, 0.15) is 6.54 Å². The molecule has 0 aromatic rings. The Kier molecular flexibility index (Phi) is 5.51. The van der Waals surface area contributed by atoms with Gasteiger partial charge in [0.2, 0.25) is 5.91 Å². The molecule has 84 valence electrons. The van der Waals surface area contributed by atoms with Crippen LogP contribution in [0.25, 0.3) is 0 Å². The number of nitrogens with one attached hydrogen (secondary N) is 2. The summed E-state index contributed by atoms with van der Waals surface area (Å²) in [6.45, 7) is 0.417. The van der Waals surface area contributed by atoms with E-state index in [0.29, 0.717) is 17.8 Å². The molecule has 1 amide bonds. The molecule has 1 saturated carbocycles. The van der Waals surface area contributed by atoms with Crippen molar-refractivity contribution in [2.45, 2.75) is 30.6 Å². The van der Waals surface area contributed by atoms with Crippen molar-refractivity contribution < 1.29 is 4.79 Å². The Morgan fingerprint density at radius 2 is 2.40 bits per heavy atom. The summed E-state index contributed by atoms with van der Waals surface area (Å²) in [4.78, 5) is 11.2. The second-order valence-corrected chi connectivity index (χ2v) is 4.70. The number of carbonyl (C=O) groups is 1. The van der Waals surface area contributed by atoms with Crippen LogP contribution in [0.2, 0.25) is 0 Å². The van der Waals surface area contributed by atoms with Gasteiger partial charge >= 0.3 is 0 Å². The Balaban J connectivity index is 2.19. The van der Waals surface area contributed by atoms with Crippen molar-refractivity contribution in [3.63, 3.8) is 0 Å². The van der Waals surface area contributed by atoms with Gasteiger partial charge in [-0.3, -0.25) is 4.79 Å². The first-order chi connectivity index (χ1) is 7.27. The van der Waals surface area contributed by atoms with E-state index in [0.717, 1.165) is 6.42 Å². The summed E-state index contributed by atoms with van der Waals surface area (Å²) >= 11 is 1.86. The van der Waals surface area contributed by atoms with Crippen molar-refractivity contribution in [2.75, 3.05) is 19.3 Å². The SMILES string of the molecule is CSC1CCCC1NCC(=O)NCC#N. The molecule has 5 heteroatoms. The third-order valence-corrected chi connectivity index (χ3v) is 3.81. The van der Waals surface area contributed by atoms with Crippen LogP contribution in [-0.4, -0.2) is 36.5 Å². The normalized spacial score (nSPS) is 24.8. The predicted octanol–water partition coefficient (Wildman–Crippen LogP) is 0.500. The summed E-state index contributed by atoms with van der Waals surface area (Å²) in [7, 11) is 0. The number of nitriles is 1. The van der Waals surface area contributed by atoms with Crippen LogP contribution < -0.4 is 10.6 Å². The molecule has 0 aliphatic heterocycles. The van der Waals surface area contributed by atoms with Crippen LogP contribution in [0, 0.1) is 11.3 Å². The lowest BCUT2D eigenvalue weighted by molar-refractivity contribution is -0.120. The maximum absolute atomic E-state index is 11.2. The molecule has 0 aromatic carbocycles. The molecule has 4 nitrogen and oxygen atoms in total. The minimum Gasteiger partial charge on any atom is -0.342 e. The Morgan fingerprint density at radius 3 is 3.07 bits per heavy atom. The van der Waals surface area contributed by atoms with Crippen LogP contribution in [0.1, 0.15) is 19.3 Å². The fraction of sp³-hybridized carbons (Fsp3) is 0.800. The first-order valence-corrected chi connectivity index (χ1v) is 6.46. The van der Waals surface area contributed by atoms with Crippen molar-refractivity contribution in [3.05, 3.63) is 0 Å². The van der Waals surface area contributed by atoms with E-state index in [4.69, 9.17) is 5.26 Å². The topological polar surface area (TPSA) is 64.9 Å². The number of thioether (sulfide) groups is 1. The summed E-state index contributed by atoms with van der Waals surface area (Å²) in [5.41, 5.74) is 0. The van der Waals surface area contributed by atoms with Gasteiger partial charge in [-0.05, 0) is 19.1 Å². The molecule has 2 atom stereocenters. The molecule has 2 unspecified atom stereocenters. The molecule has 0 spiro atoms. The maximum atomic E-state index is 11.2. The molecule has 1 aliphatic carbocycles. The van der Waals surface area contributed by atoms with Gasteiger partial charge in [0.25, 0.3) is 0 Å². The Bertz CT molecular complexity index is 252. The quantitative estimate of drug-likeness (QED) is 0.671. The molecule has 0 bridgehead atoms. The van der Waals surface area contributed by atoms with Crippen LogP contribution >= 0.6 is 11.8 Å². The third-order valence-electron chi connectivity index (χ3n) is 2.64. The second kappa shape index (κ2) is 6.70. The average Bonchev–Trinajstić information content (AvgIpc) is 2.70. The van der Waals surface area contributed by atoms with Crippen molar-refractivity contribution in [2.24, 2.45) is 0 Å². The van der Waals surface area contributed by atoms with E-state index in [9.17, 15) is 4.79 Å². The van der Waals surface area contributed by atoms with E-state index in [1.165, 1.54) is 12.8 Å².